The minimum atomic E-state index is -3.04. The van der Waals surface area contributed by atoms with Gasteiger partial charge in [0, 0.05) is 36.4 Å². The molecule has 0 fully saturated rings. The van der Waals surface area contributed by atoms with E-state index in [4.69, 9.17) is 0 Å². The lowest BCUT2D eigenvalue weighted by atomic mass is 10.1. The van der Waals surface area contributed by atoms with Crippen LogP contribution in [0.25, 0.3) is 10.9 Å². The fourth-order valence-electron chi connectivity index (χ4n) is 3.24. The molecular weight excluding hydrogens is 403 g/mol. The molecule has 160 valence electrons. The Morgan fingerprint density at radius 3 is 2.53 bits per heavy atom. The largest absolute Gasteiger partial charge is 0.361 e. The first-order valence-corrected chi connectivity index (χ1v) is 11.9. The smallest absolute Gasteiger partial charge is 0.191 e. The third-order valence-electron chi connectivity index (χ3n) is 4.63. The molecule has 0 aliphatic heterocycles. The summed E-state index contributed by atoms with van der Waals surface area (Å²) in [5.41, 5.74) is 3.69. The van der Waals surface area contributed by atoms with Crippen molar-refractivity contribution in [3.8, 4) is 0 Å². The van der Waals surface area contributed by atoms with E-state index in [1.807, 2.05) is 37.4 Å². The molecule has 0 amide bonds. The third kappa shape index (κ3) is 6.32. The van der Waals surface area contributed by atoms with E-state index < -0.39 is 9.84 Å². The highest BCUT2D eigenvalue weighted by Gasteiger charge is 2.06. The molecule has 0 spiro atoms. The van der Waals surface area contributed by atoms with Crippen molar-refractivity contribution >= 4 is 26.7 Å². The third-order valence-corrected chi connectivity index (χ3v) is 5.49. The first-order valence-electron chi connectivity index (χ1n) is 9.87. The van der Waals surface area contributed by atoms with Crippen molar-refractivity contribution in [3.63, 3.8) is 0 Å². The van der Waals surface area contributed by atoms with Gasteiger partial charge in [-0.2, -0.15) is 0 Å². The van der Waals surface area contributed by atoms with Gasteiger partial charge in [-0.3, -0.25) is 0 Å². The summed E-state index contributed by atoms with van der Waals surface area (Å²) in [6.45, 7) is 3.92. The Labute approximate surface area is 176 Å². The number of hydrogen-bond acceptors (Lipinski definition) is 3. The molecule has 2 aromatic carbocycles. The first-order chi connectivity index (χ1) is 14.3. The van der Waals surface area contributed by atoms with Crippen molar-refractivity contribution < 1.29 is 12.8 Å². The average molecular weight is 431 g/mol. The standard InChI is InChI=1S/C22H27FN4O2S/c1-3-24-22(27-13-16-4-6-17(7-5-16)15-30(2,28)29)25-11-10-18-14-26-21-12-19(23)8-9-20(18)21/h4-9,12,14,26H,3,10-11,13,15H2,1-2H3,(H2,24,25,27). The lowest BCUT2D eigenvalue weighted by molar-refractivity contribution is 0.601. The van der Waals surface area contributed by atoms with Crippen molar-refractivity contribution in [2.75, 3.05) is 19.3 Å². The molecule has 1 aromatic heterocycles. The van der Waals surface area contributed by atoms with Crippen LogP contribution >= 0.6 is 0 Å². The van der Waals surface area contributed by atoms with E-state index >= 15 is 0 Å². The van der Waals surface area contributed by atoms with Crippen LogP contribution in [-0.4, -0.2) is 38.7 Å². The maximum Gasteiger partial charge on any atom is 0.191 e. The number of guanidine groups is 1. The number of halogens is 1. The van der Waals surface area contributed by atoms with Gasteiger partial charge in [0.2, 0.25) is 0 Å². The molecule has 8 heteroatoms. The highest BCUT2D eigenvalue weighted by molar-refractivity contribution is 7.89. The first kappa shape index (κ1) is 21.8. The van der Waals surface area contributed by atoms with E-state index in [0.29, 0.717) is 19.0 Å². The molecule has 0 unspecified atom stereocenters. The second-order valence-electron chi connectivity index (χ2n) is 7.26. The number of nitrogens with one attached hydrogen (secondary N) is 3. The summed E-state index contributed by atoms with van der Waals surface area (Å²) in [5, 5.41) is 7.56. The molecular formula is C22H27FN4O2S. The fraction of sp³-hybridized carbons (Fsp3) is 0.318. The molecule has 0 bridgehead atoms. The van der Waals surface area contributed by atoms with Gasteiger partial charge in [0.05, 0.1) is 12.3 Å². The zero-order valence-electron chi connectivity index (χ0n) is 17.2. The maximum atomic E-state index is 13.3. The van der Waals surface area contributed by atoms with Gasteiger partial charge in [0.25, 0.3) is 0 Å². The second kappa shape index (κ2) is 9.75. The summed E-state index contributed by atoms with van der Waals surface area (Å²) in [5.74, 6) is 0.504. The zero-order valence-corrected chi connectivity index (χ0v) is 18.0. The van der Waals surface area contributed by atoms with Gasteiger partial charge in [0.1, 0.15) is 5.82 Å². The summed E-state index contributed by atoms with van der Waals surface area (Å²) in [6, 6.07) is 12.2. The number of rotatable bonds is 8. The lowest BCUT2D eigenvalue weighted by Crippen LogP contribution is -2.38. The number of aromatic nitrogens is 1. The number of hydrogen-bond donors (Lipinski definition) is 3. The van der Waals surface area contributed by atoms with Gasteiger partial charge < -0.3 is 15.6 Å². The Morgan fingerprint density at radius 1 is 1.10 bits per heavy atom. The maximum absolute atomic E-state index is 13.3. The molecule has 0 atom stereocenters. The van der Waals surface area contributed by atoms with Crippen LogP contribution in [0, 0.1) is 5.82 Å². The fourth-order valence-corrected chi connectivity index (χ4v) is 4.03. The number of sulfone groups is 1. The Morgan fingerprint density at radius 2 is 1.83 bits per heavy atom. The van der Waals surface area contributed by atoms with Gasteiger partial charge in [-0.25, -0.2) is 17.8 Å². The van der Waals surface area contributed by atoms with Crippen LogP contribution in [-0.2, 0) is 28.6 Å². The Balaban J connectivity index is 1.57. The summed E-state index contributed by atoms with van der Waals surface area (Å²) < 4.78 is 36.1. The van der Waals surface area contributed by atoms with E-state index in [9.17, 15) is 12.8 Å². The molecule has 30 heavy (non-hydrogen) atoms. The van der Waals surface area contributed by atoms with Crippen LogP contribution in [0.4, 0.5) is 4.39 Å². The van der Waals surface area contributed by atoms with E-state index in [1.54, 1.807) is 6.07 Å². The van der Waals surface area contributed by atoms with Crippen LogP contribution in [0.3, 0.4) is 0 Å². The number of fused-ring (bicyclic) bond motifs is 1. The van der Waals surface area contributed by atoms with Crippen molar-refractivity contribution in [3.05, 3.63) is 71.2 Å². The summed E-state index contributed by atoms with van der Waals surface area (Å²) in [7, 11) is -3.04. The molecule has 0 saturated heterocycles. The molecule has 3 N–H and O–H groups in total. The summed E-state index contributed by atoms with van der Waals surface area (Å²) in [4.78, 5) is 7.71. The lowest BCUT2D eigenvalue weighted by Gasteiger charge is -2.11. The monoisotopic (exact) mass is 430 g/mol. The number of H-pyrrole nitrogens is 1. The van der Waals surface area contributed by atoms with Crippen LogP contribution in [0.1, 0.15) is 23.6 Å². The summed E-state index contributed by atoms with van der Waals surface area (Å²) in [6.07, 6.45) is 3.91. The highest BCUT2D eigenvalue weighted by atomic mass is 32.2. The van der Waals surface area contributed by atoms with Gasteiger partial charge >= 0.3 is 0 Å². The molecule has 6 nitrogen and oxygen atoms in total. The van der Waals surface area contributed by atoms with Crippen LogP contribution in [0.5, 0.6) is 0 Å². The Bertz CT molecular complexity index is 1120. The van der Waals surface area contributed by atoms with Crippen molar-refractivity contribution in [1.82, 2.24) is 15.6 Å². The normalized spacial score (nSPS) is 12.3. The number of aliphatic imine (C=N–C) groups is 1. The highest BCUT2D eigenvalue weighted by Crippen LogP contribution is 2.19. The van der Waals surface area contributed by atoms with Gasteiger partial charge in [-0.05, 0) is 48.2 Å². The van der Waals surface area contributed by atoms with E-state index in [-0.39, 0.29) is 11.6 Å². The quantitative estimate of drug-likeness (QED) is 0.379. The van der Waals surface area contributed by atoms with Gasteiger partial charge in [0.15, 0.2) is 15.8 Å². The Kier molecular flexibility index (Phi) is 7.10. The molecule has 3 rings (SSSR count). The molecule has 0 radical (unpaired) electrons. The zero-order chi connectivity index (χ0) is 21.6. The molecule has 0 saturated carbocycles. The molecule has 0 aliphatic carbocycles. The van der Waals surface area contributed by atoms with Crippen LogP contribution < -0.4 is 10.6 Å². The molecule has 0 aliphatic rings. The van der Waals surface area contributed by atoms with Crippen molar-refractivity contribution in [2.24, 2.45) is 4.99 Å². The minimum Gasteiger partial charge on any atom is -0.361 e. The van der Waals surface area contributed by atoms with Crippen molar-refractivity contribution in [1.29, 1.82) is 0 Å². The second-order valence-corrected chi connectivity index (χ2v) is 9.40. The summed E-state index contributed by atoms with van der Waals surface area (Å²) >= 11 is 0. The SMILES string of the molecule is CCNC(=NCc1ccc(CS(C)(=O)=O)cc1)NCCc1c[nH]c2cc(F)ccc12. The van der Waals surface area contributed by atoms with Crippen LogP contribution in [0.15, 0.2) is 53.7 Å². The number of aromatic amines is 1. The minimum absolute atomic E-state index is 0.0429. The van der Waals surface area contributed by atoms with E-state index in [1.165, 1.54) is 18.4 Å². The topological polar surface area (TPSA) is 86.3 Å². The van der Waals surface area contributed by atoms with Crippen LogP contribution in [0.2, 0.25) is 0 Å². The van der Waals surface area contributed by atoms with Gasteiger partial charge in [-0.1, -0.05) is 24.3 Å². The van der Waals surface area contributed by atoms with E-state index in [0.717, 1.165) is 40.6 Å². The number of nitrogens with zero attached hydrogens (tertiary/aromatic N) is 1. The molecule has 1 heterocycles. The average Bonchev–Trinajstić information content (AvgIpc) is 3.08. The molecule has 3 aromatic rings. The van der Waals surface area contributed by atoms with Crippen molar-refractivity contribution in [2.45, 2.75) is 25.6 Å². The Hall–Kier alpha value is -2.87. The predicted octanol–water partition coefficient (Wildman–Crippen LogP) is 3.15. The van der Waals surface area contributed by atoms with E-state index in [2.05, 4.69) is 20.6 Å². The van der Waals surface area contributed by atoms with Gasteiger partial charge in [-0.15, -0.1) is 0 Å². The predicted molar refractivity (Wildman–Crippen MR) is 120 cm³/mol. The number of benzene rings is 2.